The number of carbonyl (C=O) groups excluding carboxylic acids is 2. The Morgan fingerprint density at radius 2 is 2.00 bits per heavy atom. The van der Waals surface area contributed by atoms with Gasteiger partial charge in [-0.1, -0.05) is 18.5 Å². The van der Waals surface area contributed by atoms with Crippen LogP contribution in [-0.2, 0) is 4.74 Å². The van der Waals surface area contributed by atoms with Crippen molar-refractivity contribution in [2.24, 2.45) is 0 Å². The summed E-state index contributed by atoms with van der Waals surface area (Å²) < 4.78 is 4.83. The van der Waals surface area contributed by atoms with Crippen molar-refractivity contribution in [2.45, 2.75) is 20.3 Å². The standard InChI is InChI=1S/C12H13ClO3/c1-3-11(14)9-6-5-8(7-10(9)13)12(15)16-4-2/h5-7H,3-4H2,1-2H3. The molecule has 1 rings (SSSR count). The van der Waals surface area contributed by atoms with Gasteiger partial charge in [0.1, 0.15) is 0 Å². The molecule has 0 aromatic heterocycles. The predicted molar refractivity (Wildman–Crippen MR) is 62.0 cm³/mol. The van der Waals surface area contributed by atoms with Gasteiger partial charge in [-0.25, -0.2) is 4.79 Å². The third-order valence-corrected chi connectivity index (χ3v) is 2.41. The molecule has 16 heavy (non-hydrogen) atoms. The van der Waals surface area contributed by atoms with Gasteiger partial charge in [0.2, 0.25) is 0 Å². The molecule has 0 heterocycles. The summed E-state index contributed by atoms with van der Waals surface area (Å²) in [5.41, 5.74) is 0.803. The second-order valence-electron chi connectivity index (χ2n) is 3.19. The maximum atomic E-state index is 11.4. The van der Waals surface area contributed by atoms with Gasteiger partial charge in [-0.3, -0.25) is 4.79 Å². The number of benzene rings is 1. The van der Waals surface area contributed by atoms with Gasteiger partial charge < -0.3 is 4.74 Å². The van der Waals surface area contributed by atoms with Gasteiger partial charge in [0, 0.05) is 12.0 Å². The second-order valence-corrected chi connectivity index (χ2v) is 3.60. The highest BCUT2D eigenvalue weighted by atomic mass is 35.5. The van der Waals surface area contributed by atoms with Crippen molar-refractivity contribution in [3.8, 4) is 0 Å². The van der Waals surface area contributed by atoms with E-state index in [2.05, 4.69) is 0 Å². The number of Topliss-reactive ketones (excluding diaryl/α,β-unsaturated/α-hetero) is 1. The summed E-state index contributed by atoms with van der Waals surface area (Å²) in [4.78, 5) is 22.8. The van der Waals surface area contributed by atoms with E-state index in [1.807, 2.05) is 0 Å². The van der Waals surface area contributed by atoms with E-state index in [4.69, 9.17) is 16.3 Å². The van der Waals surface area contributed by atoms with Gasteiger partial charge in [0.25, 0.3) is 0 Å². The smallest absolute Gasteiger partial charge is 0.338 e. The second kappa shape index (κ2) is 5.66. The van der Waals surface area contributed by atoms with Crippen molar-refractivity contribution < 1.29 is 14.3 Å². The summed E-state index contributed by atoms with van der Waals surface area (Å²) in [7, 11) is 0. The molecule has 0 saturated carbocycles. The molecular weight excluding hydrogens is 228 g/mol. The number of carbonyl (C=O) groups is 2. The Morgan fingerprint density at radius 1 is 1.31 bits per heavy atom. The fraction of sp³-hybridized carbons (Fsp3) is 0.333. The molecule has 0 N–H and O–H groups in total. The van der Waals surface area contributed by atoms with Crippen LogP contribution in [0.3, 0.4) is 0 Å². The third-order valence-electron chi connectivity index (χ3n) is 2.10. The highest BCUT2D eigenvalue weighted by molar-refractivity contribution is 6.34. The molecule has 3 nitrogen and oxygen atoms in total. The molecule has 0 aliphatic rings. The lowest BCUT2D eigenvalue weighted by atomic mass is 10.1. The summed E-state index contributed by atoms with van der Waals surface area (Å²) in [5, 5.41) is 0.289. The first kappa shape index (κ1) is 12.7. The highest BCUT2D eigenvalue weighted by Gasteiger charge is 2.12. The molecule has 0 spiro atoms. The van der Waals surface area contributed by atoms with Crippen LogP contribution in [0.1, 0.15) is 41.0 Å². The normalized spacial score (nSPS) is 9.94. The number of esters is 1. The SMILES string of the molecule is CCOC(=O)c1ccc(C(=O)CC)c(Cl)c1. The Labute approximate surface area is 99.4 Å². The molecule has 1 aromatic rings. The first-order chi connectivity index (χ1) is 7.60. The van der Waals surface area contributed by atoms with E-state index >= 15 is 0 Å². The average molecular weight is 241 g/mol. The van der Waals surface area contributed by atoms with E-state index in [-0.39, 0.29) is 10.8 Å². The lowest BCUT2D eigenvalue weighted by Crippen LogP contribution is -2.06. The van der Waals surface area contributed by atoms with E-state index in [9.17, 15) is 9.59 Å². The van der Waals surface area contributed by atoms with Crippen LogP contribution >= 0.6 is 11.6 Å². The number of halogens is 1. The molecule has 4 heteroatoms. The van der Waals surface area contributed by atoms with E-state index in [1.165, 1.54) is 6.07 Å². The monoisotopic (exact) mass is 240 g/mol. The minimum atomic E-state index is -0.431. The van der Waals surface area contributed by atoms with Crippen molar-refractivity contribution >= 4 is 23.4 Å². The zero-order valence-electron chi connectivity index (χ0n) is 9.25. The number of hydrogen-bond acceptors (Lipinski definition) is 3. The molecule has 0 saturated heterocycles. The fourth-order valence-electron chi connectivity index (χ4n) is 1.27. The Bertz CT molecular complexity index is 413. The summed E-state index contributed by atoms with van der Waals surface area (Å²) >= 11 is 5.92. The molecular formula is C12H13ClO3. The zero-order chi connectivity index (χ0) is 12.1. The summed E-state index contributed by atoms with van der Waals surface area (Å²) in [6.07, 6.45) is 0.387. The van der Waals surface area contributed by atoms with Crippen LogP contribution in [-0.4, -0.2) is 18.4 Å². The lowest BCUT2D eigenvalue weighted by molar-refractivity contribution is 0.0526. The molecule has 0 unspecified atom stereocenters. The van der Waals surface area contributed by atoms with E-state index in [1.54, 1.807) is 26.0 Å². The zero-order valence-corrected chi connectivity index (χ0v) is 10.0. The van der Waals surface area contributed by atoms with Gasteiger partial charge in [0.05, 0.1) is 17.2 Å². The Hall–Kier alpha value is -1.35. The molecule has 0 atom stereocenters. The lowest BCUT2D eigenvalue weighted by Gasteiger charge is -2.05. The van der Waals surface area contributed by atoms with Gasteiger partial charge in [0.15, 0.2) is 5.78 Å². The molecule has 1 aromatic carbocycles. The van der Waals surface area contributed by atoms with Crippen LogP contribution in [0, 0.1) is 0 Å². The molecule has 0 amide bonds. The number of rotatable bonds is 4. The van der Waals surface area contributed by atoms with Crippen LogP contribution < -0.4 is 0 Å². The summed E-state index contributed by atoms with van der Waals surface area (Å²) in [6, 6.07) is 4.57. The van der Waals surface area contributed by atoms with Gasteiger partial charge >= 0.3 is 5.97 Å². The van der Waals surface area contributed by atoms with Gasteiger partial charge in [-0.2, -0.15) is 0 Å². The molecule has 0 fully saturated rings. The summed E-state index contributed by atoms with van der Waals surface area (Å²) in [6.45, 7) is 3.80. The van der Waals surface area contributed by atoms with Crippen LogP contribution in [0.15, 0.2) is 18.2 Å². The van der Waals surface area contributed by atoms with Crippen molar-refractivity contribution in [3.63, 3.8) is 0 Å². The van der Waals surface area contributed by atoms with E-state index in [0.29, 0.717) is 24.2 Å². The minimum absolute atomic E-state index is 0.0413. The van der Waals surface area contributed by atoms with Crippen LogP contribution in [0.5, 0.6) is 0 Å². The van der Waals surface area contributed by atoms with Crippen LogP contribution in [0.25, 0.3) is 0 Å². The third kappa shape index (κ3) is 2.83. The highest BCUT2D eigenvalue weighted by Crippen LogP contribution is 2.20. The fourth-order valence-corrected chi connectivity index (χ4v) is 1.56. The van der Waals surface area contributed by atoms with Crippen molar-refractivity contribution in [1.29, 1.82) is 0 Å². The first-order valence-corrected chi connectivity index (χ1v) is 5.47. The molecule has 86 valence electrons. The van der Waals surface area contributed by atoms with Crippen LogP contribution in [0.2, 0.25) is 5.02 Å². The van der Waals surface area contributed by atoms with Crippen molar-refractivity contribution in [2.75, 3.05) is 6.61 Å². The van der Waals surface area contributed by atoms with Gasteiger partial charge in [-0.15, -0.1) is 0 Å². The quantitative estimate of drug-likeness (QED) is 0.600. The van der Waals surface area contributed by atoms with Crippen LogP contribution in [0.4, 0.5) is 0 Å². The van der Waals surface area contributed by atoms with Crippen molar-refractivity contribution in [1.82, 2.24) is 0 Å². The van der Waals surface area contributed by atoms with Crippen molar-refractivity contribution in [3.05, 3.63) is 34.3 Å². The van der Waals surface area contributed by atoms with E-state index < -0.39 is 5.97 Å². The Kier molecular flexibility index (Phi) is 4.50. The van der Waals surface area contributed by atoms with E-state index in [0.717, 1.165) is 0 Å². The topological polar surface area (TPSA) is 43.4 Å². The Morgan fingerprint density at radius 3 is 2.50 bits per heavy atom. The average Bonchev–Trinajstić information content (AvgIpc) is 2.28. The minimum Gasteiger partial charge on any atom is -0.462 e. The molecule has 0 bridgehead atoms. The van der Waals surface area contributed by atoms with Gasteiger partial charge in [-0.05, 0) is 25.1 Å². The summed E-state index contributed by atoms with van der Waals surface area (Å²) in [5.74, 6) is -0.472. The maximum absolute atomic E-state index is 11.4. The largest absolute Gasteiger partial charge is 0.462 e. The molecule has 0 aliphatic heterocycles. The molecule has 0 aliphatic carbocycles. The number of hydrogen-bond donors (Lipinski definition) is 0. The number of ketones is 1. The molecule has 0 radical (unpaired) electrons. The number of ether oxygens (including phenoxy) is 1. The first-order valence-electron chi connectivity index (χ1n) is 5.10. The maximum Gasteiger partial charge on any atom is 0.338 e. The Balaban J connectivity index is 2.99. The predicted octanol–water partition coefficient (Wildman–Crippen LogP) is 3.11.